The summed E-state index contributed by atoms with van der Waals surface area (Å²) in [6.45, 7) is 1.06. The minimum Gasteiger partial charge on any atom is -0.481 e. The summed E-state index contributed by atoms with van der Waals surface area (Å²) in [6.07, 6.45) is 1.35. The van der Waals surface area contributed by atoms with Gasteiger partial charge < -0.3 is 20.1 Å². The van der Waals surface area contributed by atoms with E-state index >= 15 is 0 Å². The Bertz CT molecular complexity index is 654. The van der Waals surface area contributed by atoms with Crippen LogP contribution in [0.25, 0.3) is 0 Å². The molecule has 0 radical (unpaired) electrons. The average molecular weight is 332 g/mol. The molecule has 1 aromatic carbocycles. The standard InChI is InChI=1S/C17H20N2O5/c20-15-10-24-5-4-19(15)14-3-1-2-13(9-14)18-17(23)12-6-11(7-12)8-16(21)22/h1-3,9,11-12H,4-8,10H2,(H,18,23)(H,21,22). The van der Waals surface area contributed by atoms with Crippen LogP contribution in [0.4, 0.5) is 11.4 Å². The van der Waals surface area contributed by atoms with E-state index in [9.17, 15) is 14.4 Å². The third-order valence-electron chi connectivity index (χ3n) is 4.48. The lowest BCUT2D eigenvalue weighted by atomic mass is 9.73. The summed E-state index contributed by atoms with van der Waals surface area (Å²) in [5.41, 5.74) is 1.37. The number of aliphatic carboxylic acids is 1. The van der Waals surface area contributed by atoms with Crippen molar-refractivity contribution in [2.75, 3.05) is 30.0 Å². The molecule has 2 N–H and O–H groups in total. The molecule has 24 heavy (non-hydrogen) atoms. The molecule has 128 valence electrons. The van der Waals surface area contributed by atoms with Crippen LogP contribution in [0.15, 0.2) is 24.3 Å². The van der Waals surface area contributed by atoms with Crippen LogP contribution >= 0.6 is 0 Å². The van der Waals surface area contributed by atoms with Crippen molar-refractivity contribution in [2.45, 2.75) is 19.3 Å². The molecule has 0 unspecified atom stereocenters. The van der Waals surface area contributed by atoms with Crippen molar-refractivity contribution in [3.63, 3.8) is 0 Å². The summed E-state index contributed by atoms with van der Waals surface area (Å²) in [7, 11) is 0. The van der Waals surface area contributed by atoms with Crippen LogP contribution in [0.2, 0.25) is 0 Å². The van der Waals surface area contributed by atoms with Gasteiger partial charge in [-0.05, 0) is 37.0 Å². The number of rotatable bonds is 5. The number of carboxylic acid groups (broad SMARTS) is 1. The van der Waals surface area contributed by atoms with Crippen molar-refractivity contribution in [1.29, 1.82) is 0 Å². The number of benzene rings is 1. The fourth-order valence-corrected chi connectivity index (χ4v) is 3.15. The number of carbonyl (C=O) groups is 3. The molecule has 1 aliphatic heterocycles. The SMILES string of the molecule is O=C(O)CC1CC(C(=O)Nc2cccc(N3CCOCC3=O)c2)C1. The van der Waals surface area contributed by atoms with E-state index in [4.69, 9.17) is 9.84 Å². The largest absolute Gasteiger partial charge is 0.481 e. The van der Waals surface area contributed by atoms with Crippen molar-refractivity contribution >= 4 is 29.2 Å². The van der Waals surface area contributed by atoms with E-state index in [0.29, 0.717) is 31.7 Å². The first-order valence-electron chi connectivity index (χ1n) is 8.04. The molecule has 0 aromatic heterocycles. The highest BCUT2D eigenvalue weighted by Gasteiger charge is 2.35. The number of carboxylic acids is 1. The van der Waals surface area contributed by atoms with Gasteiger partial charge in [0.05, 0.1) is 6.61 Å². The van der Waals surface area contributed by atoms with Crippen LogP contribution in [0, 0.1) is 11.8 Å². The average Bonchev–Trinajstić information content (AvgIpc) is 2.51. The molecular formula is C17H20N2O5. The molecule has 2 aliphatic rings. The maximum Gasteiger partial charge on any atom is 0.303 e. The quantitative estimate of drug-likeness (QED) is 0.851. The molecule has 2 amide bonds. The maximum atomic E-state index is 12.2. The van der Waals surface area contributed by atoms with Gasteiger partial charge in [0.15, 0.2) is 0 Å². The molecule has 3 rings (SSSR count). The first-order valence-corrected chi connectivity index (χ1v) is 8.04. The Kier molecular flexibility index (Phi) is 4.80. The van der Waals surface area contributed by atoms with Crippen molar-refractivity contribution < 1.29 is 24.2 Å². The smallest absolute Gasteiger partial charge is 0.303 e. The highest BCUT2D eigenvalue weighted by Crippen LogP contribution is 2.37. The third-order valence-corrected chi connectivity index (χ3v) is 4.48. The summed E-state index contributed by atoms with van der Waals surface area (Å²) >= 11 is 0. The minimum atomic E-state index is -0.818. The number of hydrogen-bond acceptors (Lipinski definition) is 4. The van der Waals surface area contributed by atoms with Crippen molar-refractivity contribution in [2.24, 2.45) is 11.8 Å². The lowest BCUT2D eigenvalue weighted by Crippen LogP contribution is -2.41. The summed E-state index contributed by atoms with van der Waals surface area (Å²) in [5, 5.41) is 11.6. The molecule has 0 spiro atoms. The number of ether oxygens (including phenoxy) is 1. The highest BCUT2D eigenvalue weighted by molar-refractivity contribution is 5.97. The Hall–Kier alpha value is -2.41. The van der Waals surface area contributed by atoms with Gasteiger partial charge in [0.2, 0.25) is 5.91 Å². The van der Waals surface area contributed by atoms with Crippen molar-refractivity contribution in [1.82, 2.24) is 0 Å². The number of carbonyl (C=O) groups excluding carboxylic acids is 2. The molecule has 1 saturated heterocycles. The summed E-state index contributed by atoms with van der Waals surface area (Å²) in [4.78, 5) is 36.4. The summed E-state index contributed by atoms with van der Waals surface area (Å²) in [5.74, 6) is -1.05. The Morgan fingerprint density at radius 3 is 2.83 bits per heavy atom. The first kappa shape index (κ1) is 16.4. The summed E-state index contributed by atoms with van der Waals surface area (Å²) < 4.78 is 5.12. The van der Waals surface area contributed by atoms with E-state index < -0.39 is 5.97 Å². The number of amides is 2. The van der Waals surface area contributed by atoms with Crippen LogP contribution in [-0.2, 0) is 19.1 Å². The normalized spacial score (nSPS) is 23.5. The minimum absolute atomic E-state index is 0.0730. The number of hydrogen-bond donors (Lipinski definition) is 2. The third kappa shape index (κ3) is 3.73. The van der Waals surface area contributed by atoms with Gasteiger partial charge in [0, 0.05) is 30.3 Å². The monoisotopic (exact) mass is 332 g/mol. The number of morpholine rings is 1. The number of anilines is 2. The second kappa shape index (κ2) is 7.00. The fourth-order valence-electron chi connectivity index (χ4n) is 3.15. The number of nitrogens with zero attached hydrogens (tertiary/aromatic N) is 1. The van der Waals surface area contributed by atoms with E-state index in [1.807, 2.05) is 6.07 Å². The first-order chi connectivity index (χ1) is 11.5. The zero-order valence-corrected chi connectivity index (χ0v) is 13.2. The van der Waals surface area contributed by atoms with Gasteiger partial charge in [-0.3, -0.25) is 14.4 Å². The molecule has 1 saturated carbocycles. The zero-order chi connectivity index (χ0) is 17.1. The van der Waals surface area contributed by atoms with Crippen LogP contribution in [-0.4, -0.2) is 42.6 Å². The van der Waals surface area contributed by atoms with Gasteiger partial charge in [-0.25, -0.2) is 0 Å². The molecule has 0 atom stereocenters. The van der Waals surface area contributed by atoms with Gasteiger partial charge in [-0.15, -0.1) is 0 Å². The predicted octanol–water partition coefficient (Wildman–Crippen LogP) is 1.49. The maximum absolute atomic E-state index is 12.2. The highest BCUT2D eigenvalue weighted by atomic mass is 16.5. The van der Waals surface area contributed by atoms with Gasteiger partial charge >= 0.3 is 5.97 Å². The van der Waals surface area contributed by atoms with E-state index in [1.165, 1.54) is 0 Å². The Labute approximate surface area is 139 Å². The van der Waals surface area contributed by atoms with E-state index in [2.05, 4.69) is 5.32 Å². The number of nitrogens with one attached hydrogen (secondary N) is 1. The van der Waals surface area contributed by atoms with Crippen LogP contribution < -0.4 is 10.2 Å². The molecule has 1 aliphatic carbocycles. The van der Waals surface area contributed by atoms with E-state index in [0.717, 1.165) is 5.69 Å². The van der Waals surface area contributed by atoms with E-state index in [-0.39, 0.29) is 36.7 Å². The van der Waals surface area contributed by atoms with Crippen LogP contribution in [0.3, 0.4) is 0 Å². The zero-order valence-electron chi connectivity index (χ0n) is 13.2. The second-order valence-electron chi connectivity index (χ2n) is 6.27. The molecule has 7 nitrogen and oxygen atoms in total. The second-order valence-corrected chi connectivity index (χ2v) is 6.27. The van der Waals surface area contributed by atoms with Crippen molar-refractivity contribution in [3.8, 4) is 0 Å². The molecular weight excluding hydrogens is 312 g/mol. The van der Waals surface area contributed by atoms with Gasteiger partial charge in [0.1, 0.15) is 6.61 Å². The topological polar surface area (TPSA) is 95.9 Å². The van der Waals surface area contributed by atoms with Gasteiger partial charge in [-0.1, -0.05) is 6.07 Å². The Morgan fingerprint density at radius 2 is 2.12 bits per heavy atom. The van der Waals surface area contributed by atoms with E-state index in [1.54, 1.807) is 23.1 Å². The molecule has 2 fully saturated rings. The fraction of sp³-hybridized carbons (Fsp3) is 0.471. The predicted molar refractivity (Wildman–Crippen MR) is 86.7 cm³/mol. The van der Waals surface area contributed by atoms with Crippen LogP contribution in [0.1, 0.15) is 19.3 Å². The molecule has 7 heteroatoms. The molecule has 1 heterocycles. The van der Waals surface area contributed by atoms with Crippen molar-refractivity contribution in [3.05, 3.63) is 24.3 Å². The molecule has 0 bridgehead atoms. The Morgan fingerprint density at radius 1 is 1.33 bits per heavy atom. The lowest BCUT2D eigenvalue weighted by molar-refractivity contribution is -0.140. The summed E-state index contributed by atoms with van der Waals surface area (Å²) in [6, 6.07) is 7.17. The van der Waals surface area contributed by atoms with Crippen LogP contribution in [0.5, 0.6) is 0 Å². The van der Waals surface area contributed by atoms with Gasteiger partial charge in [0.25, 0.3) is 5.91 Å². The lowest BCUT2D eigenvalue weighted by Gasteiger charge is -2.33. The van der Waals surface area contributed by atoms with Gasteiger partial charge in [-0.2, -0.15) is 0 Å². The Balaban J connectivity index is 1.58. The molecule has 1 aromatic rings.